The number of thiol groups is 1. The summed E-state index contributed by atoms with van der Waals surface area (Å²) in [5.74, 6) is 0. The van der Waals surface area contributed by atoms with Crippen LogP contribution in [0, 0.1) is 0 Å². The molecule has 1 nitrogen and oxygen atoms in total. The summed E-state index contributed by atoms with van der Waals surface area (Å²) in [5.41, 5.74) is 0. The van der Waals surface area contributed by atoms with Gasteiger partial charge in [-0.15, -0.1) is 12.6 Å². The second-order valence-corrected chi connectivity index (χ2v) is 5.85. The third-order valence-electron chi connectivity index (χ3n) is 3.40. The second-order valence-electron chi connectivity index (χ2n) is 5.02. The van der Waals surface area contributed by atoms with Crippen molar-refractivity contribution in [3.8, 4) is 0 Å². The van der Waals surface area contributed by atoms with Gasteiger partial charge in [-0.2, -0.15) is 0 Å². The van der Waals surface area contributed by atoms with Gasteiger partial charge in [-0.3, -0.25) is 0 Å². The normalized spacial score (nSPS) is 26.0. The Bertz CT molecular complexity index is 141. The van der Waals surface area contributed by atoms with E-state index in [0.29, 0.717) is 0 Å². The fourth-order valence-corrected chi connectivity index (χ4v) is 2.67. The van der Waals surface area contributed by atoms with E-state index < -0.39 is 4.93 Å². The van der Waals surface area contributed by atoms with Crippen molar-refractivity contribution in [2.24, 2.45) is 0 Å². The predicted octanol–water partition coefficient (Wildman–Crippen LogP) is 4.30. The molecule has 0 amide bonds. The first kappa shape index (κ1) is 13.4. The van der Waals surface area contributed by atoms with E-state index in [1.165, 1.54) is 51.4 Å². The van der Waals surface area contributed by atoms with Crippen LogP contribution < -0.4 is 0 Å². The van der Waals surface area contributed by atoms with Crippen molar-refractivity contribution in [1.82, 2.24) is 0 Å². The molecule has 1 N–H and O–H groups in total. The molecule has 15 heavy (non-hydrogen) atoms. The lowest BCUT2D eigenvalue weighted by Gasteiger charge is -2.21. The van der Waals surface area contributed by atoms with E-state index in [0.717, 1.165) is 25.7 Å². The molecule has 1 rings (SSSR count). The molecule has 0 aromatic rings. The Morgan fingerprint density at radius 2 is 0.867 bits per heavy atom. The summed E-state index contributed by atoms with van der Waals surface area (Å²) < 4.78 is 0. The maximum Gasteiger partial charge on any atom is 0.107 e. The van der Waals surface area contributed by atoms with E-state index in [2.05, 4.69) is 12.6 Å². The van der Waals surface area contributed by atoms with Crippen LogP contribution in [0.3, 0.4) is 0 Å². The van der Waals surface area contributed by atoms with Gasteiger partial charge in [0.15, 0.2) is 0 Å². The highest BCUT2D eigenvalue weighted by molar-refractivity contribution is 7.81. The average Bonchev–Trinajstić information content (AvgIpc) is 2.20. The van der Waals surface area contributed by atoms with Gasteiger partial charge >= 0.3 is 0 Å². The lowest BCUT2D eigenvalue weighted by Crippen LogP contribution is -2.20. The van der Waals surface area contributed by atoms with Gasteiger partial charge in [0.1, 0.15) is 4.93 Å². The summed E-state index contributed by atoms with van der Waals surface area (Å²) >= 11 is 4.36. The fraction of sp³-hybridized carbons (Fsp3) is 1.00. The number of rotatable bonds is 0. The van der Waals surface area contributed by atoms with E-state index in [1.54, 1.807) is 0 Å². The molecule has 1 aliphatic rings. The van der Waals surface area contributed by atoms with E-state index in [4.69, 9.17) is 0 Å². The molecule has 0 aliphatic heterocycles. The minimum atomic E-state index is -0.686. The molecule has 0 spiro atoms. The van der Waals surface area contributed by atoms with Gasteiger partial charge in [0.05, 0.1) is 0 Å². The van der Waals surface area contributed by atoms with Gasteiger partial charge in [0.25, 0.3) is 0 Å². The van der Waals surface area contributed by atoms with Crippen LogP contribution in [0.4, 0.5) is 0 Å². The van der Waals surface area contributed by atoms with Crippen molar-refractivity contribution in [1.29, 1.82) is 0 Å². The van der Waals surface area contributed by atoms with Gasteiger partial charge in [-0.25, -0.2) is 0 Å². The second kappa shape index (κ2) is 7.56. The van der Waals surface area contributed by atoms with Gasteiger partial charge in [-0.1, -0.05) is 51.4 Å². The van der Waals surface area contributed by atoms with Crippen LogP contribution in [0.1, 0.15) is 77.0 Å². The Morgan fingerprint density at radius 1 is 0.600 bits per heavy atom. The number of aliphatic hydroxyl groups is 1. The highest BCUT2D eigenvalue weighted by atomic mass is 32.1. The van der Waals surface area contributed by atoms with Crippen molar-refractivity contribution in [3.05, 3.63) is 0 Å². The Balaban J connectivity index is 2.24. The van der Waals surface area contributed by atoms with Crippen LogP contribution >= 0.6 is 12.6 Å². The molecule has 0 atom stereocenters. The molecule has 0 saturated heterocycles. The monoisotopic (exact) mass is 230 g/mol. The lowest BCUT2D eigenvalue weighted by atomic mass is 10.0. The summed E-state index contributed by atoms with van der Waals surface area (Å²) in [6, 6.07) is 0. The zero-order valence-electron chi connectivity index (χ0n) is 9.88. The fourth-order valence-electron chi connectivity index (χ4n) is 2.36. The Labute approximate surface area is 100 Å². The summed E-state index contributed by atoms with van der Waals surface area (Å²) in [6.45, 7) is 0. The van der Waals surface area contributed by atoms with Gasteiger partial charge in [0.2, 0.25) is 0 Å². The summed E-state index contributed by atoms with van der Waals surface area (Å²) in [7, 11) is 0. The predicted molar refractivity (Wildman–Crippen MR) is 69.3 cm³/mol. The maximum absolute atomic E-state index is 9.99. The topological polar surface area (TPSA) is 20.2 Å². The Morgan fingerprint density at radius 3 is 1.20 bits per heavy atom. The first-order chi connectivity index (χ1) is 7.21. The van der Waals surface area contributed by atoms with Crippen molar-refractivity contribution >= 4 is 12.6 Å². The minimum absolute atomic E-state index is 0.686. The number of hydrogen-bond acceptors (Lipinski definition) is 2. The zero-order chi connectivity index (χ0) is 11.0. The zero-order valence-corrected chi connectivity index (χ0v) is 10.8. The van der Waals surface area contributed by atoms with Gasteiger partial charge < -0.3 is 5.11 Å². The first-order valence-corrected chi connectivity index (χ1v) is 7.10. The standard InChI is InChI=1S/C13H26OS/c14-13(15)11-9-7-5-3-1-2-4-6-8-10-12-13/h14-15H,1-12H2. The molecule has 0 aromatic heterocycles. The van der Waals surface area contributed by atoms with E-state index >= 15 is 0 Å². The third-order valence-corrected chi connectivity index (χ3v) is 3.85. The molecule has 2 heteroatoms. The molecule has 0 heterocycles. The van der Waals surface area contributed by atoms with Crippen molar-refractivity contribution in [3.63, 3.8) is 0 Å². The Kier molecular flexibility index (Phi) is 6.74. The van der Waals surface area contributed by atoms with Crippen LogP contribution in [-0.2, 0) is 0 Å². The molecule has 1 fully saturated rings. The summed E-state index contributed by atoms with van der Waals surface area (Å²) in [5, 5.41) is 9.99. The van der Waals surface area contributed by atoms with Crippen LogP contribution in [0.25, 0.3) is 0 Å². The van der Waals surface area contributed by atoms with E-state index in [1.807, 2.05) is 0 Å². The SMILES string of the molecule is OC1(S)CCCCCCCCCCCC1. The van der Waals surface area contributed by atoms with Crippen molar-refractivity contribution < 1.29 is 5.11 Å². The maximum atomic E-state index is 9.99. The van der Waals surface area contributed by atoms with Crippen LogP contribution in [0.5, 0.6) is 0 Å². The third kappa shape index (κ3) is 7.24. The molecule has 0 radical (unpaired) electrons. The molecule has 90 valence electrons. The largest absolute Gasteiger partial charge is 0.380 e. The molecule has 0 aromatic carbocycles. The summed E-state index contributed by atoms with van der Waals surface area (Å²) in [6.07, 6.45) is 14.8. The van der Waals surface area contributed by atoms with Crippen LogP contribution in [0.2, 0.25) is 0 Å². The molecule has 0 unspecified atom stereocenters. The minimum Gasteiger partial charge on any atom is -0.380 e. The van der Waals surface area contributed by atoms with Crippen LogP contribution in [-0.4, -0.2) is 10.0 Å². The average molecular weight is 230 g/mol. The van der Waals surface area contributed by atoms with E-state index in [9.17, 15) is 5.11 Å². The highest BCUT2D eigenvalue weighted by Gasteiger charge is 2.20. The molecular formula is C13H26OS. The molecule has 1 aliphatic carbocycles. The highest BCUT2D eigenvalue weighted by Crippen LogP contribution is 2.27. The van der Waals surface area contributed by atoms with E-state index in [-0.39, 0.29) is 0 Å². The molecule has 1 saturated carbocycles. The molecular weight excluding hydrogens is 204 g/mol. The smallest absolute Gasteiger partial charge is 0.107 e. The number of hydrogen-bond donors (Lipinski definition) is 2. The van der Waals surface area contributed by atoms with Gasteiger partial charge in [-0.05, 0) is 25.7 Å². The van der Waals surface area contributed by atoms with Crippen LogP contribution in [0.15, 0.2) is 0 Å². The van der Waals surface area contributed by atoms with Crippen molar-refractivity contribution in [2.45, 2.75) is 82.0 Å². The quantitative estimate of drug-likeness (QED) is 0.469. The first-order valence-electron chi connectivity index (χ1n) is 6.65. The Hall–Kier alpha value is 0.310. The summed E-state index contributed by atoms with van der Waals surface area (Å²) in [4.78, 5) is -0.686. The van der Waals surface area contributed by atoms with Crippen molar-refractivity contribution in [2.75, 3.05) is 0 Å². The lowest BCUT2D eigenvalue weighted by molar-refractivity contribution is 0.113. The van der Waals surface area contributed by atoms with Gasteiger partial charge in [0, 0.05) is 0 Å². The molecule has 0 bridgehead atoms.